The van der Waals surface area contributed by atoms with Gasteiger partial charge in [-0.3, -0.25) is 0 Å². The smallest absolute Gasteiger partial charge is 0.00912 e. The summed E-state index contributed by atoms with van der Waals surface area (Å²) in [6.07, 6.45) is 13.5. The van der Waals surface area contributed by atoms with Gasteiger partial charge < -0.3 is 0 Å². The van der Waals surface area contributed by atoms with Crippen LogP contribution in [0.2, 0.25) is 0 Å². The Kier molecular flexibility index (Phi) is 1.54. The third-order valence-electron chi connectivity index (χ3n) is 2.22. The van der Waals surface area contributed by atoms with Gasteiger partial charge in [-0.05, 0) is 30.9 Å². The fourth-order valence-corrected chi connectivity index (χ4v) is 1.49. The molecule has 2 aliphatic rings. The zero-order valence-corrected chi connectivity index (χ0v) is 6.80. The first-order valence-corrected chi connectivity index (χ1v) is 4.09. The van der Waals surface area contributed by atoms with Crippen molar-refractivity contribution in [2.24, 2.45) is 0 Å². The molecule has 0 spiro atoms. The highest BCUT2D eigenvalue weighted by Gasteiger charge is 2.07. The van der Waals surface area contributed by atoms with E-state index in [-0.39, 0.29) is 0 Å². The Balaban J connectivity index is 2.39. The summed E-state index contributed by atoms with van der Waals surface area (Å²) in [5.41, 5.74) is 4.35. The molecule has 0 amide bonds. The SMILES string of the molecule is CC1=CC=C2C=CCC2=CC1. The summed E-state index contributed by atoms with van der Waals surface area (Å²) in [6, 6.07) is 0. The number of rotatable bonds is 0. The fourth-order valence-electron chi connectivity index (χ4n) is 1.49. The molecule has 0 nitrogen and oxygen atoms in total. The van der Waals surface area contributed by atoms with E-state index < -0.39 is 0 Å². The van der Waals surface area contributed by atoms with Gasteiger partial charge in [0.05, 0.1) is 0 Å². The zero-order chi connectivity index (χ0) is 7.68. The highest BCUT2D eigenvalue weighted by molar-refractivity contribution is 5.50. The summed E-state index contributed by atoms with van der Waals surface area (Å²) in [7, 11) is 0. The molecule has 0 atom stereocenters. The second-order valence-electron chi connectivity index (χ2n) is 3.18. The zero-order valence-electron chi connectivity index (χ0n) is 6.80. The molecule has 0 saturated heterocycles. The Labute approximate surface area is 67.6 Å². The van der Waals surface area contributed by atoms with Crippen LogP contribution in [0, 0.1) is 0 Å². The lowest BCUT2D eigenvalue weighted by Gasteiger charge is -1.95. The normalized spacial score (nSPS) is 21.7. The standard InChI is InChI=1S/C11H12/c1-9-5-7-10-3-2-4-11(10)8-6-9/h2-3,5,7-8H,4,6H2,1H3. The van der Waals surface area contributed by atoms with Gasteiger partial charge in [0, 0.05) is 0 Å². The van der Waals surface area contributed by atoms with Crippen molar-refractivity contribution in [3.05, 3.63) is 47.1 Å². The largest absolute Gasteiger partial charge is 0.0795 e. The van der Waals surface area contributed by atoms with Gasteiger partial charge in [-0.1, -0.05) is 36.0 Å². The van der Waals surface area contributed by atoms with Crippen LogP contribution in [-0.4, -0.2) is 0 Å². The van der Waals surface area contributed by atoms with Crippen molar-refractivity contribution in [2.45, 2.75) is 19.8 Å². The molecule has 0 unspecified atom stereocenters. The van der Waals surface area contributed by atoms with E-state index in [1.54, 1.807) is 0 Å². The van der Waals surface area contributed by atoms with Gasteiger partial charge >= 0.3 is 0 Å². The third-order valence-corrected chi connectivity index (χ3v) is 2.22. The summed E-state index contributed by atoms with van der Waals surface area (Å²) >= 11 is 0. The van der Waals surface area contributed by atoms with E-state index in [1.165, 1.54) is 16.7 Å². The summed E-state index contributed by atoms with van der Waals surface area (Å²) in [6.45, 7) is 2.18. The quantitative estimate of drug-likeness (QED) is 0.490. The molecule has 2 rings (SSSR count). The number of hydrogen-bond acceptors (Lipinski definition) is 0. The lowest BCUT2D eigenvalue weighted by atomic mass is 10.1. The first-order valence-electron chi connectivity index (χ1n) is 4.09. The van der Waals surface area contributed by atoms with E-state index >= 15 is 0 Å². The summed E-state index contributed by atoms with van der Waals surface area (Å²) in [5, 5.41) is 0. The van der Waals surface area contributed by atoms with Crippen LogP contribution in [0.1, 0.15) is 19.8 Å². The highest BCUT2D eigenvalue weighted by Crippen LogP contribution is 2.27. The van der Waals surface area contributed by atoms with E-state index in [9.17, 15) is 0 Å². The predicted molar refractivity (Wildman–Crippen MR) is 48.3 cm³/mol. The van der Waals surface area contributed by atoms with Gasteiger partial charge in [0.2, 0.25) is 0 Å². The summed E-state index contributed by atoms with van der Waals surface area (Å²) < 4.78 is 0. The molecule has 0 aromatic rings. The second-order valence-corrected chi connectivity index (χ2v) is 3.18. The minimum Gasteiger partial charge on any atom is -0.0795 e. The van der Waals surface area contributed by atoms with Crippen molar-refractivity contribution in [2.75, 3.05) is 0 Å². The molecule has 0 aliphatic heterocycles. The molecule has 0 bridgehead atoms. The van der Waals surface area contributed by atoms with E-state index in [0.29, 0.717) is 0 Å². The predicted octanol–water partition coefficient (Wildman–Crippen LogP) is 3.15. The van der Waals surface area contributed by atoms with Crippen molar-refractivity contribution < 1.29 is 0 Å². The molecule has 56 valence electrons. The molecule has 0 aromatic heterocycles. The van der Waals surface area contributed by atoms with Crippen LogP contribution in [0.25, 0.3) is 0 Å². The van der Waals surface area contributed by atoms with Crippen molar-refractivity contribution in [3.63, 3.8) is 0 Å². The molecule has 0 aromatic carbocycles. The van der Waals surface area contributed by atoms with Gasteiger partial charge in [-0.2, -0.15) is 0 Å². The molecule has 0 N–H and O–H groups in total. The molecule has 0 heteroatoms. The van der Waals surface area contributed by atoms with Crippen molar-refractivity contribution >= 4 is 0 Å². The van der Waals surface area contributed by atoms with Crippen LogP contribution < -0.4 is 0 Å². The van der Waals surface area contributed by atoms with E-state index in [4.69, 9.17) is 0 Å². The lowest BCUT2D eigenvalue weighted by Crippen LogP contribution is -1.76. The fraction of sp³-hybridized carbons (Fsp3) is 0.273. The Morgan fingerprint density at radius 1 is 1.18 bits per heavy atom. The second kappa shape index (κ2) is 2.54. The molecular weight excluding hydrogens is 132 g/mol. The van der Waals surface area contributed by atoms with Crippen LogP contribution >= 0.6 is 0 Å². The first kappa shape index (κ1) is 6.66. The van der Waals surface area contributed by atoms with Gasteiger partial charge in [-0.15, -0.1) is 0 Å². The van der Waals surface area contributed by atoms with Crippen molar-refractivity contribution in [1.29, 1.82) is 0 Å². The molecular formula is C11H12. The maximum Gasteiger partial charge on any atom is -0.00912 e. The molecule has 0 fully saturated rings. The van der Waals surface area contributed by atoms with Crippen LogP contribution in [0.15, 0.2) is 47.1 Å². The minimum atomic E-state index is 1.12. The first-order chi connectivity index (χ1) is 5.36. The Morgan fingerprint density at radius 3 is 3.00 bits per heavy atom. The minimum absolute atomic E-state index is 1.12. The maximum atomic E-state index is 2.34. The Bertz CT molecular complexity index is 285. The van der Waals surface area contributed by atoms with Crippen LogP contribution in [0.4, 0.5) is 0 Å². The summed E-state index contributed by atoms with van der Waals surface area (Å²) in [5.74, 6) is 0. The Morgan fingerprint density at radius 2 is 2.09 bits per heavy atom. The van der Waals surface area contributed by atoms with Gasteiger partial charge in [0.1, 0.15) is 0 Å². The topological polar surface area (TPSA) is 0 Å². The van der Waals surface area contributed by atoms with Crippen LogP contribution in [0.3, 0.4) is 0 Å². The third kappa shape index (κ3) is 1.21. The molecule has 2 aliphatic carbocycles. The number of hydrogen-bond donors (Lipinski definition) is 0. The van der Waals surface area contributed by atoms with Gasteiger partial charge in [-0.25, -0.2) is 0 Å². The molecule has 11 heavy (non-hydrogen) atoms. The highest BCUT2D eigenvalue weighted by atomic mass is 14.1. The Hall–Kier alpha value is -1.04. The number of allylic oxidation sites excluding steroid dienone is 8. The summed E-state index contributed by atoms with van der Waals surface area (Å²) in [4.78, 5) is 0. The monoisotopic (exact) mass is 144 g/mol. The van der Waals surface area contributed by atoms with Crippen molar-refractivity contribution in [3.8, 4) is 0 Å². The molecule has 0 heterocycles. The van der Waals surface area contributed by atoms with Gasteiger partial charge in [0.25, 0.3) is 0 Å². The van der Waals surface area contributed by atoms with Crippen molar-refractivity contribution in [1.82, 2.24) is 0 Å². The maximum absolute atomic E-state index is 2.34. The van der Waals surface area contributed by atoms with Crippen LogP contribution in [-0.2, 0) is 0 Å². The molecule has 0 saturated carbocycles. The van der Waals surface area contributed by atoms with E-state index in [0.717, 1.165) is 12.8 Å². The van der Waals surface area contributed by atoms with Crippen LogP contribution in [0.5, 0.6) is 0 Å². The van der Waals surface area contributed by atoms with E-state index in [1.807, 2.05) is 0 Å². The molecule has 0 radical (unpaired) electrons. The van der Waals surface area contributed by atoms with E-state index in [2.05, 4.69) is 37.3 Å². The average molecular weight is 144 g/mol. The van der Waals surface area contributed by atoms with Gasteiger partial charge in [0.15, 0.2) is 0 Å². The number of fused-ring (bicyclic) bond motifs is 1. The lowest BCUT2D eigenvalue weighted by molar-refractivity contribution is 1.18. The average Bonchev–Trinajstić information content (AvgIpc) is 2.38.